The maximum absolute atomic E-state index is 11.0. The molecule has 0 spiro atoms. The topological polar surface area (TPSA) is 69.7 Å². The van der Waals surface area contributed by atoms with Gasteiger partial charge in [-0.2, -0.15) is 0 Å². The third-order valence-electron chi connectivity index (χ3n) is 1.56. The maximum atomic E-state index is 11.0. The summed E-state index contributed by atoms with van der Waals surface area (Å²) in [7, 11) is -3.36. The summed E-state index contributed by atoms with van der Waals surface area (Å²) in [4.78, 5) is 10.8. The predicted octanol–water partition coefficient (Wildman–Crippen LogP) is 1.07. The van der Waals surface area contributed by atoms with Gasteiger partial charge >= 0.3 is 6.16 Å². The number of carbonyl (C=O) groups excluding carboxylic acids is 1. The smallest absolute Gasteiger partial charge is 0.421 e. The first kappa shape index (κ1) is 13.5. The summed E-state index contributed by atoms with van der Waals surface area (Å²) in [5.74, 6) is 2.05. The van der Waals surface area contributed by atoms with Crippen LogP contribution in [0.25, 0.3) is 0 Å². The van der Waals surface area contributed by atoms with Crippen molar-refractivity contribution in [2.75, 3.05) is 12.9 Å². The van der Waals surface area contributed by atoms with E-state index in [9.17, 15) is 13.2 Å². The van der Waals surface area contributed by atoms with Crippen LogP contribution >= 0.6 is 0 Å². The van der Waals surface area contributed by atoms with E-state index in [2.05, 4.69) is 15.4 Å². The minimum atomic E-state index is -3.36. The fourth-order valence-electron chi connectivity index (χ4n) is 0.588. The van der Waals surface area contributed by atoms with E-state index >= 15 is 0 Å². The average Bonchev–Trinajstić information content (AvgIpc) is 2.11. The molecule has 0 saturated heterocycles. The molecule has 5 nitrogen and oxygen atoms in total. The quantitative estimate of drug-likeness (QED) is 0.413. The van der Waals surface area contributed by atoms with E-state index in [4.69, 9.17) is 6.42 Å². The molecular weight excluding hydrogens is 220 g/mol. The Morgan fingerprint density at radius 1 is 1.40 bits per heavy atom. The van der Waals surface area contributed by atoms with Crippen molar-refractivity contribution in [3.05, 3.63) is 10.7 Å². The molecule has 0 N–H and O–H groups in total. The van der Waals surface area contributed by atoms with Gasteiger partial charge in [0.25, 0.3) is 0 Å². The lowest BCUT2D eigenvalue weighted by Gasteiger charge is -2.06. The summed E-state index contributed by atoms with van der Waals surface area (Å²) in [5.41, 5.74) is 0. The van der Waals surface area contributed by atoms with E-state index in [1.54, 1.807) is 0 Å². The highest BCUT2D eigenvalue weighted by Gasteiger charge is 2.13. The minimum absolute atomic E-state index is 0.0276. The summed E-state index contributed by atoms with van der Waals surface area (Å²) >= 11 is 0. The lowest BCUT2D eigenvalue weighted by atomic mass is 10.5. The second-order valence-corrected chi connectivity index (χ2v) is 4.89. The largest absolute Gasteiger partial charge is 0.514 e. The number of sulfone groups is 1. The second kappa shape index (κ2) is 5.41. The van der Waals surface area contributed by atoms with Crippen LogP contribution in [0.1, 0.15) is 13.8 Å². The lowest BCUT2D eigenvalue weighted by molar-refractivity contribution is 0.0879. The fraction of sp³-hybridized carbons (Fsp3) is 0.444. The zero-order valence-corrected chi connectivity index (χ0v) is 9.55. The van der Waals surface area contributed by atoms with E-state index in [1.165, 1.54) is 13.8 Å². The number of rotatable bonds is 3. The summed E-state index contributed by atoms with van der Waals surface area (Å²) in [6.45, 7) is 2.47. The van der Waals surface area contributed by atoms with Gasteiger partial charge < -0.3 is 9.47 Å². The molecule has 0 aromatic heterocycles. The Hall–Kier alpha value is -1.48. The molecule has 0 unspecified atom stereocenters. The van der Waals surface area contributed by atoms with Crippen molar-refractivity contribution in [3.8, 4) is 12.3 Å². The number of ether oxygens (including phenoxy) is 2. The van der Waals surface area contributed by atoms with Crippen molar-refractivity contribution in [1.82, 2.24) is 0 Å². The van der Waals surface area contributed by atoms with Gasteiger partial charge in [0, 0.05) is 6.26 Å². The van der Waals surface area contributed by atoms with Crippen LogP contribution in [0.4, 0.5) is 4.79 Å². The van der Waals surface area contributed by atoms with Crippen molar-refractivity contribution in [2.45, 2.75) is 13.8 Å². The van der Waals surface area contributed by atoms with Crippen LogP contribution in [0.2, 0.25) is 0 Å². The number of hydrogen-bond donors (Lipinski definition) is 0. The van der Waals surface area contributed by atoms with Gasteiger partial charge in [-0.15, -0.1) is 6.42 Å². The molecule has 0 aliphatic heterocycles. The summed E-state index contributed by atoms with van der Waals surface area (Å²) in [5, 5.41) is 0. The standard InChI is InChI=1S/C9H12O5S/c1-5-6-13-9(10)14-7(2)8(3)15(4,11)12/h1H,6H2,2-4H3/b8-7-. The zero-order chi connectivity index (χ0) is 12.1. The van der Waals surface area contributed by atoms with E-state index in [-0.39, 0.29) is 17.3 Å². The molecule has 0 atom stereocenters. The molecule has 84 valence electrons. The number of terminal acetylenes is 1. The molecule has 0 aromatic carbocycles. The second-order valence-electron chi connectivity index (χ2n) is 2.73. The van der Waals surface area contributed by atoms with Gasteiger partial charge in [0.05, 0.1) is 4.91 Å². The highest BCUT2D eigenvalue weighted by molar-refractivity contribution is 7.94. The Kier molecular flexibility index (Phi) is 4.88. The van der Waals surface area contributed by atoms with Crippen LogP contribution in [0.5, 0.6) is 0 Å². The van der Waals surface area contributed by atoms with E-state index in [1.807, 2.05) is 0 Å². The van der Waals surface area contributed by atoms with Crippen LogP contribution in [-0.2, 0) is 19.3 Å². The first-order valence-corrected chi connectivity index (χ1v) is 5.83. The Bertz CT molecular complexity index is 410. The molecule has 0 fully saturated rings. The molecule has 0 aliphatic carbocycles. The SMILES string of the molecule is C#CCOC(=O)O/C(C)=C(/C)S(C)(=O)=O. The van der Waals surface area contributed by atoms with Crippen molar-refractivity contribution >= 4 is 16.0 Å². The molecule has 15 heavy (non-hydrogen) atoms. The third-order valence-corrected chi connectivity index (χ3v) is 2.96. The zero-order valence-electron chi connectivity index (χ0n) is 8.73. The van der Waals surface area contributed by atoms with Gasteiger partial charge in [0.2, 0.25) is 0 Å². The van der Waals surface area contributed by atoms with Gasteiger partial charge in [-0.3, -0.25) is 0 Å². The van der Waals surface area contributed by atoms with Crippen LogP contribution in [0, 0.1) is 12.3 Å². The fourth-order valence-corrected chi connectivity index (χ4v) is 1.15. The van der Waals surface area contributed by atoms with Gasteiger partial charge in [-0.05, 0) is 13.8 Å². The van der Waals surface area contributed by atoms with Gasteiger partial charge in [-0.1, -0.05) is 5.92 Å². The van der Waals surface area contributed by atoms with Crippen molar-refractivity contribution in [3.63, 3.8) is 0 Å². The van der Waals surface area contributed by atoms with Crippen LogP contribution in [0.15, 0.2) is 10.7 Å². The molecule has 0 bridgehead atoms. The molecular formula is C9H12O5S. The molecule has 0 saturated carbocycles. The van der Waals surface area contributed by atoms with Crippen LogP contribution in [0.3, 0.4) is 0 Å². The van der Waals surface area contributed by atoms with Gasteiger partial charge in [0.15, 0.2) is 16.4 Å². The van der Waals surface area contributed by atoms with Crippen LogP contribution in [-0.4, -0.2) is 27.4 Å². The lowest BCUT2D eigenvalue weighted by Crippen LogP contribution is -2.09. The molecule has 0 aromatic rings. The number of hydrogen-bond acceptors (Lipinski definition) is 5. The molecule has 0 amide bonds. The first-order chi connectivity index (χ1) is 6.79. The van der Waals surface area contributed by atoms with Gasteiger partial charge in [-0.25, -0.2) is 13.2 Å². The molecule has 0 radical (unpaired) electrons. The number of carbonyl (C=O) groups is 1. The molecule has 0 rings (SSSR count). The molecule has 0 heterocycles. The predicted molar refractivity (Wildman–Crippen MR) is 54.5 cm³/mol. The summed E-state index contributed by atoms with van der Waals surface area (Å²) in [6, 6.07) is 0. The first-order valence-electron chi connectivity index (χ1n) is 3.94. The summed E-state index contributed by atoms with van der Waals surface area (Å²) < 4.78 is 31.1. The van der Waals surface area contributed by atoms with E-state index in [0.29, 0.717) is 0 Å². The Morgan fingerprint density at radius 2 is 1.93 bits per heavy atom. The van der Waals surface area contributed by atoms with Gasteiger partial charge in [0.1, 0.15) is 5.76 Å². The highest BCUT2D eigenvalue weighted by atomic mass is 32.2. The highest BCUT2D eigenvalue weighted by Crippen LogP contribution is 2.11. The molecule has 6 heteroatoms. The third kappa shape index (κ3) is 5.08. The Balaban J connectivity index is 4.57. The average molecular weight is 232 g/mol. The maximum Gasteiger partial charge on any atom is 0.514 e. The minimum Gasteiger partial charge on any atom is -0.421 e. The van der Waals surface area contributed by atoms with Crippen molar-refractivity contribution < 1.29 is 22.7 Å². The Morgan fingerprint density at radius 3 is 2.33 bits per heavy atom. The normalized spacial score (nSPS) is 12.4. The monoisotopic (exact) mass is 232 g/mol. The number of allylic oxidation sites excluding steroid dienone is 2. The molecule has 0 aliphatic rings. The van der Waals surface area contributed by atoms with E-state index < -0.39 is 16.0 Å². The van der Waals surface area contributed by atoms with Crippen molar-refractivity contribution in [2.24, 2.45) is 0 Å². The summed E-state index contributed by atoms with van der Waals surface area (Å²) in [6.07, 6.45) is 4.84. The van der Waals surface area contributed by atoms with Crippen molar-refractivity contribution in [1.29, 1.82) is 0 Å². The Labute approximate surface area is 89.0 Å². The van der Waals surface area contributed by atoms with E-state index in [0.717, 1.165) is 6.26 Å². The van der Waals surface area contributed by atoms with Crippen LogP contribution < -0.4 is 0 Å².